The Morgan fingerprint density at radius 2 is 2.05 bits per heavy atom. The fourth-order valence-electron chi connectivity index (χ4n) is 2.02. The van der Waals surface area contributed by atoms with Crippen LogP contribution in [0.25, 0.3) is 0 Å². The van der Waals surface area contributed by atoms with E-state index in [0.29, 0.717) is 18.9 Å². The highest BCUT2D eigenvalue weighted by Crippen LogP contribution is 2.33. The third-order valence-electron chi connectivity index (χ3n) is 2.92. The molecule has 1 saturated heterocycles. The maximum Gasteiger partial charge on any atom is 0.417 e. The predicted octanol–water partition coefficient (Wildman–Crippen LogP) is 1.47. The Labute approximate surface area is 114 Å². The quantitative estimate of drug-likeness (QED) is 0.865. The minimum atomic E-state index is -4.48. The number of nitrogens with one attached hydrogen (secondary N) is 2. The molecule has 0 radical (unpaired) electrons. The molecule has 0 atom stereocenters. The van der Waals surface area contributed by atoms with Crippen LogP contribution in [0.4, 0.5) is 24.7 Å². The Morgan fingerprint density at radius 3 is 2.60 bits per heavy atom. The summed E-state index contributed by atoms with van der Waals surface area (Å²) in [5, 5.41) is 5.56. The van der Waals surface area contributed by atoms with E-state index in [1.165, 1.54) is 6.92 Å². The van der Waals surface area contributed by atoms with Crippen molar-refractivity contribution < 1.29 is 18.0 Å². The fraction of sp³-hybridized carbons (Fsp3) is 0.500. The molecule has 1 aromatic rings. The first-order valence-corrected chi connectivity index (χ1v) is 6.18. The molecule has 1 aromatic heterocycles. The number of nitrogens with zero attached hydrogens (tertiary/aromatic N) is 2. The second-order valence-electron chi connectivity index (χ2n) is 4.51. The van der Waals surface area contributed by atoms with E-state index in [-0.39, 0.29) is 5.69 Å². The molecule has 0 unspecified atom stereocenters. The molecular formula is C12H15F3N4O. The Kier molecular flexibility index (Phi) is 4.12. The average Bonchev–Trinajstić information content (AvgIpc) is 2.38. The third-order valence-corrected chi connectivity index (χ3v) is 2.92. The maximum absolute atomic E-state index is 12.7. The minimum absolute atomic E-state index is 0.0919. The highest BCUT2D eigenvalue weighted by Gasteiger charge is 2.32. The van der Waals surface area contributed by atoms with Crippen LogP contribution in [0.5, 0.6) is 0 Å². The number of anilines is 2. The molecule has 2 rings (SSSR count). The number of piperazine rings is 1. The highest BCUT2D eigenvalue weighted by atomic mass is 19.4. The van der Waals surface area contributed by atoms with Gasteiger partial charge in [0, 0.05) is 39.3 Å². The second kappa shape index (κ2) is 5.66. The zero-order valence-corrected chi connectivity index (χ0v) is 10.9. The van der Waals surface area contributed by atoms with Gasteiger partial charge in [-0.15, -0.1) is 0 Å². The number of alkyl halides is 3. The van der Waals surface area contributed by atoms with E-state index in [1.807, 2.05) is 4.90 Å². The molecule has 0 saturated carbocycles. The van der Waals surface area contributed by atoms with Crippen LogP contribution < -0.4 is 15.5 Å². The number of halogens is 3. The van der Waals surface area contributed by atoms with Crippen molar-refractivity contribution in [2.24, 2.45) is 0 Å². The van der Waals surface area contributed by atoms with Crippen molar-refractivity contribution in [1.29, 1.82) is 0 Å². The second-order valence-corrected chi connectivity index (χ2v) is 4.51. The summed E-state index contributed by atoms with van der Waals surface area (Å²) in [6.45, 7) is 3.96. The summed E-state index contributed by atoms with van der Waals surface area (Å²) in [4.78, 5) is 16.9. The van der Waals surface area contributed by atoms with Crippen molar-refractivity contribution in [2.45, 2.75) is 13.1 Å². The number of rotatable bonds is 2. The molecule has 1 fully saturated rings. The Balaban J connectivity index is 2.36. The number of amides is 1. The summed E-state index contributed by atoms with van der Waals surface area (Å²) in [5.41, 5.74) is -0.783. The first kappa shape index (κ1) is 14.6. The van der Waals surface area contributed by atoms with E-state index in [1.54, 1.807) is 0 Å². The largest absolute Gasteiger partial charge is 0.417 e. The van der Waals surface area contributed by atoms with Gasteiger partial charge in [-0.1, -0.05) is 0 Å². The monoisotopic (exact) mass is 288 g/mol. The number of hydrogen-bond acceptors (Lipinski definition) is 4. The van der Waals surface area contributed by atoms with Crippen LogP contribution in [0.2, 0.25) is 0 Å². The van der Waals surface area contributed by atoms with Crippen LogP contribution in [-0.2, 0) is 11.0 Å². The lowest BCUT2D eigenvalue weighted by molar-refractivity contribution is -0.137. The van der Waals surface area contributed by atoms with E-state index in [2.05, 4.69) is 15.6 Å². The van der Waals surface area contributed by atoms with Crippen LogP contribution >= 0.6 is 0 Å². The lowest BCUT2D eigenvalue weighted by atomic mass is 10.2. The molecule has 0 spiro atoms. The summed E-state index contributed by atoms with van der Waals surface area (Å²) in [5.74, 6) is -0.0581. The van der Waals surface area contributed by atoms with Gasteiger partial charge in [0.15, 0.2) is 5.82 Å². The molecule has 1 amide bonds. The van der Waals surface area contributed by atoms with Gasteiger partial charge < -0.3 is 15.5 Å². The molecule has 1 aliphatic rings. The first-order valence-electron chi connectivity index (χ1n) is 6.18. The average molecular weight is 288 g/mol. The van der Waals surface area contributed by atoms with E-state index in [9.17, 15) is 18.0 Å². The number of aromatic nitrogens is 1. The van der Waals surface area contributed by atoms with Gasteiger partial charge in [-0.25, -0.2) is 4.98 Å². The van der Waals surface area contributed by atoms with Gasteiger partial charge in [0.2, 0.25) is 5.91 Å². The normalized spacial score (nSPS) is 16.1. The number of carbonyl (C=O) groups excluding carboxylic acids is 1. The van der Waals surface area contributed by atoms with Crippen LogP contribution in [-0.4, -0.2) is 37.1 Å². The summed E-state index contributed by atoms with van der Waals surface area (Å²) in [6.07, 6.45) is -3.69. The molecule has 2 heterocycles. The highest BCUT2D eigenvalue weighted by molar-refractivity contribution is 5.92. The Morgan fingerprint density at radius 1 is 1.40 bits per heavy atom. The van der Waals surface area contributed by atoms with Gasteiger partial charge in [0.05, 0.1) is 11.3 Å². The molecular weight excluding hydrogens is 273 g/mol. The smallest absolute Gasteiger partial charge is 0.352 e. The lowest BCUT2D eigenvalue weighted by Crippen LogP contribution is -2.44. The molecule has 110 valence electrons. The molecule has 1 aliphatic heterocycles. The standard InChI is InChI=1S/C12H15F3N4O/c1-8(20)18-10-6-9(12(13,14)15)7-17-11(10)19-4-2-16-3-5-19/h6-7,16H,2-5H2,1H3,(H,18,20). The molecule has 0 bridgehead atoms. The summed E-state index contributed by atoms with van der Waals surface area (Å²) >= 11 is 0. The maximum atomic E-state index is 12.7. The van der Waals surface area contributed by atoms with Crippen molar-refractivity contribution in [3.63, 3.8) is 0 Å². The van der Waals surface area contributed by atoms with Gasteiger partial charge in [-0.05, 0) is 6.07 Å². The molecule has 8 heteroatoms. The molecule has 5 nitrogen and oxygen atoms in total. The van der Waals surface area contributed by atoms with Crippen molar-refractivity contribution >= 4 is 17.4 Å². The van der Waals surface area contributed by atoms with Crippen molar-refractivity contribution in [3.8, 4) is 0 Å². The summed E-state index contributed by atoms with van der Waals surface area (Å²) < 4.78 is 38.1. The van der Waals surface area contributed by atoms with E-state index < -0.39 is 17.6 Å². The molecule has 20 heavy (non-hydrogen) atoms. The van der Waals surface area contributed by atoms with Crippen molar-refractivity contribution in [3.05, 3.63) is 17.8 Å². The van der Waals surface area contributed by atoms with E-state index >= 15 is 0 Å². The Hall–Kier alpha value is -1.83. The van der Waals surface area contributed by atoms with Gasteiger partial charge in [-0.3, -0.25) is 4.79 Å². The van der Waals surface area contributed by atoms with Crippen molar-refractivity contribution in [2.75, 3.05) is 36.4 Å². The van der Waals surface area contributed by atoms with Gasteiger partial charge >= 0.3 is 6.18 Å². The van der Waals surface area contributed by atoms with Crippen LogP contribution in [0.3, 0.4) is 0 Å². The number of hydrogen-bond donors (Lipinski definition) is 2. The van der Waals surface area contributed by atoms with E-state index in [0.717, 1.165) is 25.4 Å². The fourth-order valence-corrected chi connectivity index (χ4v) is 2.02. The van der Waals surface area contributed by atoms with Gasteiger partial charge in [0.1, 0.15) is 0 Å². The van der Waals surface area contributed by atoms with Crippen molar-refractivity contribution in [1.82, 2.24) is 10.3 Å². The zero-order valence-electron chi connectivity index (χ0n) is 10.9. The topological polar surface area (TPSA) is 57.3 Å². The summed E-state index contributed by atoms with van der Waals surface area (Å²) in [6, 6.07) is 0.922. The Bertz CT molecular complexity index is 498. The number of carbonyl (C=O) groups is 1. The molecule has 2 N–H and O–H groups in total. The first-order chi connectivity index (χ1) is 9.38. The third kappa shape index (κ3) is 3.38. The zero-order chi connectivity index (χ0) is 14.8. The SMILES string of the molecule is CC(=O)Nc1cc(C(F)(F)F)cnc1N1CCNCC1. The predicted molar refractivity (Wildman–Crippen MR) is 68.6 cm³/mol. The number of pyridine rings is 1. The molecule has 0 aliphatic carbocycles. The van der Waals surface area contributed by atoms with Crippen LogP contribution in [0, 0.1) is 0 Å². The van der Waals surface area contributed by atoms with E-state index in [4.69, 9.17) is 0 Å². The van der Waals surface area contributed by atoms with Crippen LogP contribution in [0.15, 0.2) is 12.3 Å². The van der Waals surface area contributed by atoms with Crippen LogP contribution in [0.1, 0.15) is 12.5 Å². The lowest BCUT2D eigenvalue weighted by Gasteiger charge is -2.30. The summed E-state index contributed by atoms with van der Waals surface area (Å²) in [7, 11) is 0. The molecule has 0 aromatic carbocycles. The van der Waals surface area contributed by atoms with Gasteiger partial charge in [0.25, 0.3) is 0 Å². The van der Waals surface area contributed by atoms with Gasteiger partial charge in [-0.2, -0.15) is 13.2 Å². The minimum Gasteiger partial charge on any atom is -0.352 e.